The number of fused-ring (bicyclic) bond motifs is 1. The van der Waals surface area contributed by atoms with E-state index in [0.717, 1.165) is 43.7 Å². The van der Waals surface area contributed by atoms with E-state index < -0.39 is 0 Å². The Morgan fingerprint density at radius 1 is 0.886 bits per heavy atom. The van der Waals surface area contributed by atoms with E-state index >= 15 is 0 Å². The highest BCUT2D eigenvalue weighted by molar-refractivity contribution is 6.06. The number of hydrogen-bond donors (Lipinski definition) is 0. The standard InChI is InChI=1S/C28H28N4O2.ClH/c33-27(22-9-3-1-4-10-22)31(23-11-5-2-6-12-23)20-19-30-17-15-24(16-18-30)32-21-29-26-14-8-7-13-25(26)28(32)34;/h1-14,21,24H,15-20H2;1H. The highest BCUT2D eigenvalue weighted by atomic mass is 35.5. The van der Waals surface area contributed by atoms with Gasteiger partial charge in [-0.05, 0) is 49.2 Å². The van der Waals surface area contributed by atoms with Crippen LogP contribution in [0.1, 0.15) is 29.2 Å². The fourth-order valence-electron chi connectivity index (χ4n) is 4.70. The Morgan fingerprint density at radius 3 is 2.23 bits per heavy atom. The van der Waals surface area contributed by atoms with Gasteiger partial charge in [-0.3, -0.25) is 14.2 Å². The average molecular weight is 489 g/mol. The predicted octanol–water partition coefficient (Wildman–Crippen LogP) is 4.80. The number of rotatable bonds is 6. The maximum absolute atomic E-state index is 13.3. The summed E-state index contributed by atoms with van der Waals surface area (Å²) in [6.45, 7) is 3.16. The number of halogens is 1. The highest BCUT2D eigenvalue weighted by Crippen LogP contribution is 2.22. The molecule has 35 heavy (non-hydrogen) atoms. The number of anilines is 1. The van der Waals surface area contributed by atoms with Gasteiger partial charge in [-0.25, -0.2) is 4.98 Å². The lowest BCUT2D eigenvalue weighted by Crippen LogP contribution is -2.43. The quantitative estimate of drug-likeness (QED) is 0.391. The topological polar surface area (TPSA) is 58.4 Å². The molecule has 6 nitrogen and oxygen atoms in total. The van der Waals surface area contributed by atoms with Crippen LogP contribution in [0.2, 0.25) is 0 Å². The third-order valence-electron chi connectivity index (χ3n) is 6.61. The number of likely N-dealkylation sites (tertiary alicyclic amines) is 1. The molecule has 0 radical (unpaired) electrons. The molecule has 0 atom stereocenters. The van der Waals surface area contributed by atoms with Gasteiger partial charge in [0.25, 0.3) is 11.5 Å². The van der Waals surface area contributed by atoms with Crippen molar-refractivity contribution in [2.24, 2.45) is 0 Å². The van der Waals surface area contributed by atoms with Crippen LogP contribution in [-0.4, -0.2) is 46.5 Å². The minimum absolute atomic E-state index is 0. The first-order valence-electron chi connectivity index (χ1n) is 11.8. The van der Waals surface area contributed by atoms with Gasteiger partial charge in [0, 0.05) is 43.5 Å². The first-order valence-corrected chi connectivity index (χ1v) is 11.8. The maximum Gasteiger partial charge on any atom is 0.261 e. The largest absolute Gasteiger partial charge is 0.307 e. The van der Waals surface area contributed by atoms with E-state index in [9.17, 15) is 9.59 Å². The van der Waals surface area contributed by atoms with Crippen LogP contribution in [-0.2, 0) is 0 Å². The molecule has 1 fully saturated rings. The summed E-state index contributed by atoms with van der Waals surface area (Å²) in [5, 5.41) is 0.672. The zero-order valence-electron chi connectivity index (χ0n) is 19.5. The normalized spacial score (nSPS) is 14.4. The van der Waals surface area contributed by atoms with Crippen molar-refractivity contribution in [1.82, 2.24) is 14.5 Å². The van der Waals surface area contributed by atoms with Crippen LogP contribution < -0.4 is 10.5 Å². The Bertz CT molecular complexity index is 1320. The zero-order valence-corrected chi connectivity index (χ0v) is 20.3. The first-order chi connectivity index (χ1) is 16.7. The Morgan fingerprint density at radius 2 is 1.51 bits per heavy atom. The van der Waals surface area contributed by atoms with Crippen molar-refractivity contribution in [2.75, 3.05) is 31.1 Å². The maximum atomic E-state index is 13.3. The van der Waals surface area contributed by atoms with Crippen molar-refractivity contribution in [2.45, 2.75) is 18.9 Å². The van der Waals surface area contributed by atoms with E-state index in [4.69, 9.17) is 0 Å². The summed E-state index contributed by atoms with van der Waals surface area (Å²) in [5.74, 6) is 0.00970. The number of piperidine rings is 1. The second-order valence-corrected chi connectivity index (χ2v) is 8.71. The summed E-state index contributed by atoms with van der Waals surface area (Å²) in [6.07, 6.45) is 3.47. The summed E-state index contributed by atoms with van der Waals surface area (Å²) in [7, 11) is 0. The van der Waals surface area contributed by atoms with Crippen molar-refractivity contribution in [3.8, 4) is 0 Å². The van der Waals surface area contributed by atoms with Gasteiger partial charge < -0.3 is 9.80 Å². The zero-order chi connectivity index (χ0) is 23.3. The summed E-state index contributed by atoms with van der Waals surface area (Å²) < 4.78 is 1.80. The second-order valence-electron chi connectivity index (χ2n) is 8.71. The van der Waals surface area contributed by atoms with Gasteiger partial charge in [0.2, 0.25) is 0 Å². The van der Waals surface area contributed by atoms with Crippen molar-refractivity contribution in [3.05, 3.63) is 107 Å². The molecule has 5 rings (SSSR count). The lowest BCUT2D eigenvalue weighted by atomic mass is 10.0. The number of nitrogens with zero attached hydrogens (tertiary/aromatic N) is 4. The number of benzene rings is 3. The molecule has 1 aromatic heterocycles. The smallest absolute Gasteiger partial charge is 0.261 e. The van der Waals surface area contributed by atoms with Crippen molar-refractivity contribution in [1.29, 1.82) is 0 Å². The second kappa shape index (κ2) is 11.3. The van der Waals surface area contributed by atoms with Crippen LogP contribution in [0.5, 0.6) is 0 Å². The number of hydrogen-bond acceptors (Lipinski definition) is 4. The molecule has 1 aliphatic heterocycles. The average Bonchev–Trinajstić information content (AvgIpc) is 2.91. The lowest BCUT2D eigenvalue weighted by molar-refractivity contribution is 0.0980. The van der Waals surface area contributed by atoms with Crippen LogP contribution in [0, 0.1) is 0 Å². The molecular formula is C28H29ClN4O2. The number of carbonyl (C=O) groups is 1. The van der Waals surface area contributed by atoms with E-state index in [0.29, 0.717) is 17.5 Å². The van der Waals surface area contributed by atoms with Gasteiger partial charge in [-0.15, -0.1) is 12.4 Å². The van der Waals surface area contributed by atoms with Crippen molar-refractivity contribution < 1.29 is 4.79 Å². The third-order valence-corrected chi connectivity index (χ3v) is 6.61. The van der Waals surface area contributed by atoms with Crippen LogP contribution in [0.25, 0.3) is 10.9 Å². The molecule has 2 heterocycles. The molecule has 7 heteroatoms. The molecule has 180 valence electrons. The van der Waals surface area contributed by atoms with Crippen molar-refractivity contribution >= 4 is 34.9 Å². The summed E-state index contributed by atoms with van der Waals surface area (Å²) in [6, 6.07) is 26.9. The highest BCUT2D eigenvalue weighted by Gasteiger charge is 2.24. The molecule has 0 spiro atoms. The molecule has 0 aliphatic carbocycles. The van der Waals surface area contributed by atoms with Gasteiger partial charge in [-0.2, -0.15) is 0 Å². The fraction of sp³-hybridized carbons (Fsp3) is 0.250. The molecule has 3 aromatic carbocycles. The van der Waals surface area contributed by atoms with Gasteiger partial charge in [0.05, 0.1) is 17.2 Å². The summed E-state index contributed by atoms with van der Waals surface area (Å²) >= 11 is 0. The van der Waals surface area contributed by atoms with E-state index in [1.165, 1.54) is 0 Å². The van der Waals surface area contributed by atoms with Crippen molar-refractivity contribution in [3.63, 3.8) is 0 Å². The van der Waals surface area contributed by atoms with E-state index in [2.05, 4.69) is 9.88 Å². The Balaban J connectivity index is 0.00000289. The monoisotopic (exact) mass is 488 g/mol. The minimum Gasteiger partial charge on any atom is -0.307 e. The summed E-state index contributed by atoms with van der Waals surface area (Å²) in [4.78, 5) is 34.9. The number of aromatic nitrogens is 2. The Labute approximate surface area is 211 Å². The molecule has 0 bridgehead atoms. The molecule has 1 aliphatic rings. The van der Waals surface area contributed by atoms with E-state index in [1.54, 1.807) is 10.9 Å². The fourth-order valence-corrected chi connectivity index (χ4v) is 4.70. The third kappa shape index (κ3) is 5.45. The van der Waals surface area contributed by atoms with Gasteiger partial charge in [0.15, 0.2) is 0 Å². The number of para-hydroxylation sites is 2. The van der Waals surface area contributed by atoms with Gasteiger partial charge >= 0.3 is 0 Å². The lowest BCUT2D eigenvalue weighted by Gasteiger charge is -2.34. The van der Waals surface area contributed by atoms with Crippen LogP contribution in [0.4, 0.5) is 5.69 Å². The first kappa shape index (κ1) is 24.6. The molecule has 0 unspecified atom stereocenters. The molecule has 4 aromatic rings. The number of amides is 1. The predicted molar refractivity (Wildman–Crippen MR) is 143 cm³/mol. The molecule has 1 saturated heterocycles. The summed E-state index contributed by atoms with van der Waals surface area (Å²) in [5.41, 5.74) is 2.37. The minimum atomic E-state index is 0. The van der Waals surface area contributed by atoms with Crippen LogP contribution in [0.15, 0.2) is 96.1 Å². The molecule has 0 saturated carbocycles. The number of carbonyl (C=O) groups excluding carboxylic acids is 1. The van der Waals surface area contributed by atoms with E-state index in [-0.39, 0.29) is 29.9 Å². The van der Waals surface area contributed by atoms with Gasteiger partial charge in [0.1, 0.15) is 0 Å². The molecule has 0 N–H and O–H groups in total. The Kier molecular flexibility index (Phi) is 7.95. The SMILES string of the molecule is Cl.O=C(c1ccccc1)N(CCN1CCC(n2cnc3ccccc3c2=O)CC1)c1ccccc1. The molecular weight excluding hydrogens is 460 g/mol. The van der Waals surface area contributed by atoms with E-state index in [1.807, 2.05) is 89.8 Å². The van der Waals surface area contributed by atoms with Gasteiger partial charge in [-0.1, -0.05) is 48.5 Å². The van der Waals surface area contributed by atoms with Crippen LogP contribution in [0.3, 0.4) is 0 Å². The molecule has 1 amide bonds. The Hall–Kier alpha value is -3.48. The van der Waals surface area contributed by atoms with Crippen LogP contribution >= 0.6 is 12.4 Å².